The Kier molecular flexibility index (Phi) is 11.5. The highest BCUT2D eigenvalue weighted by Gasteiger charge is 2.11. The number of aliphatic hydroxyl groups is 1. The van der Waals surface area contributed by atoms with Gasteiger partial charge in [-0.15, -0.1) is 24.0 Å². The van der Waals surface area contributed by atoms with Gasteiger partial charge in [-0.2, -0.15) is 13.8 Å². The van der Waals surface area contributed by atoms with Gasteiger partial charge < -0.3 is 25.0 Å². The van der Waals surface area contributed by atoms with Gasteiger partial charge in [0.25, 0.3) is 0 Å². The number of guanidine groups is 1. The number of halogens is 3. The van der Waals surface area contributed by atoms with Crippen LogP contribution in [0.1, 0.15) is 50.1 Å². The van der Waals surface area contributed by atoms with Crippen molar-refractivity contribution in [3.63, 3.8) is 0 Å². The Hall–Kier alpha value is -2.02. The van der Waals surface area contributed by atoms with Gasteiger partial charge in [0.15, 0.2) is 11.8 Å². The van der Waals surface area contributed by atoms with Gasteiger partial charge in [-0.1, -0.05) is 31.1 Å². The second kappa shape index (κ2) is 13.3. The molecule has 0 saturated carbocycles. The van der Waals surface area contributed by atoms with Crippen molar-refractivity contribution in [3.05, 3.63) is 41.5 Å². The lowest BCUT2D eigenvalue weighted by Crippen LogP contribution is -2.38. The van der Waals surface area contributed by atoms with Crippen molar-refractivity contribution in [2.75, 3.05) is 19.6 Å². The average molecular weight is 539 g/mol. The van der Waals surface area contributed by atoms with Gasteiger partial charge >= 0.3 is 6.61 Å². The molecule has 30 heavy (non-hydrogen) atoms. The van der Waals surface area contributed by atoms with Crippen molar-refractivity contribution in [3.8, 4) is 5.75 Å². The maximum absolute atomic E-state index is 12.2. The Morgan fingerprint density at radius 2 is 1.93 bits per heavy atom. The molecule has 3 N–H and O–H groups in total. The van der Waals surface area contributed by atoms with Crippen LogP contribution in [0.2, 0.25) is 0 Å². The van der Waals surface area contributed by atoms with Crippen molar-refractivity contribution in [2.24, 2.45) is 4.99 Å². The number of aromatic nitrogens is 2. The third-order valence-corrected chi connectivity index (χ3v) is 3.89. The summed E-state index contributed by atoms with van der Waals surface area (Å²) in [5.74, 6) is 2.00. The van der Waals surface area contributed by atoms with Crippen molar-refractivity contribution >= 4 is 29.9 Å². The molecule has 0 aliphatic heterocycles. The lowest BCUT2D eigenvalue weighted by Gasteiger charge is -2.13. The van der Waals surface area contributed by atoms with Crippen molar-refractivity contribution in [2.45, 2.75) is 45.8 Å². The number of aliphatic hydroxyl groups excluding tert-OH is 1. The summed E-state index contributed by atoms with van der Waals surface area (Å²) in [7, 11) is 0. The smallest absolute Gasteiger partial charge is 0.387 e. The number of rotatable bonds is 10. The first-order valence-corrected chi connectivity index (χ1v) is 9.46. The van der Waals surface area contributed by atoms with Crippen molar-refractivity contribution in [1.29, 1.82) is 0 Å². The van der Waals surface area contributed by atoms with Gasteiger partial charge in [0.1, 0.15) is 5.75 Å². The fraction of sp³-hybridized carbons (Fsp3) is 0.526. The molecule has 2 aromatic rings. The number of benzene rings is 1. The van der Waals surface area contributed by atoms with E-state index in [-0.39, 0.29) is 42.2 Å². The minimum Gasteiger partial charge on any atom is -0.435 e. The molecule has 1 heterocycles. The Balaban J connectivity index is 0.00000450. The largest absolute Gasteiger partial charge is 0.435 e. The lowest BCUT2D eigenvalue weighted by atomic mass is 10.1. The number of alkyl halides is 2. The van der Waals surface area contributed by atoms with E-state index in [1.54, 1.807) is 0 Å². The zero-order valence-electron chi connectivity index (χ0n) is 17.1. The van der Waals surface area contributed by atoms with Crippen LogP contribution in [0.5, 0.6) is 5.75 Å². The predicted octanol–water partition coefficient (Wildman–Crippen LogP) is 3.24. The lowest BCUT2D eigenvalue weighted by molar-refractivity contribution is -0.0498. The van der Waals surface area contributed by atoms with Gasteiger partial charge in [0.2, 0.25) is 5.89 Å². The minimum atomic E-state index is -2.88. The highest BCUT2D eigenvalue weighted by Crippen LogP contribution is 2.19. The van der Waals surface area contributed by atoms with E-state index in [1.165, 1.54) is 24.3 Å². The number of aliphatic imine (C=N–C) groups is 1. The third-order valence-electron chi connectivity index (χ3n) is 3.89. The molecule has 0 saturated heterocycles. The molecule has 168 valence electrons. The van der Waals surface area contributed by atoms with E-state index < -0.39 is 12.7 Å². The molecule has 0 bridgehead atoms. The fourth-order valence-corrected chi connectivity index (χ4v) is 2.39. The van der Waals surface area contributed by atoms with E-state index >= 15 is 0 Å². The maximum atomic E-state index is 12.2. The molecule has 1 atom stereocenters. The molecule has 1 aromatic heterocycles. The molecular weight excluding hydrogens is 511 g/mol. The summed E-state index contributed by atoms with van der Waals surface area (Å²) in [4.78, 5) is 8.67. The zero-order chi connectivity index (χ0) is 21.2. The van der Waals surface area contributed by atoms with E-state index in [4.69, 9.17) is 4.52 Å². The van der Waals surface area contributed by atoms with E-state index in [0.717, 1.165) is 0 Å². The number of ether oxygens (including phenoxy) is 1. The first kappa shape index (κ1) is 26.0. The molecule has 0 spiro atoms. The van der Waals surface area contributed by atoms with E-state index in [2.05, 4.69) is 30.5 Å². The van der Waals surface area contributed by atoms with Gasteiger partial charge in [0, 0.05) is 25.4 Å². The van der Waals surface area contributed by atoms with Crippen molar-refractivity contribution < 1.29 is 23.1 Å². The van der Waals surface area contributed by atoms with E-state index in [9.17, 15) is 13.9 Å². The molecule has 1 aromatic carbocycles. The van der Waals surface area contributed by atoms with Crippen LogP contribution in [0.4, 0.5) is 8.78 Å². The Morgan fingerprint density at radius 1 is 1.23 bits per heavy atom. The molecule has 2 rings (SSSR count). The minimum absolute atomic E-state index is 0. The summed E-state index contributed by atoms with van der Waals surface area (Å²) in [6.45, 7) is 4.32. The molecule has 0 aliphatic rings. The first-order chi connectivity index (χ1) is 13.9. The topological polar surface area (TPSA) is 105 Å². The summed E-state index contributed by atoms with van der Waals surface area (Å²) in [5.41, 5.74) is 0.554. The molecule has 0 fully saturated rings. The normalized spacial score (nSPS) is 12.6. The Bertz CT molecular complexity index is 772. The summed E-state index contributed by atoms with van der Waals surface area (Å²) in [6.07, 6.45) is -0.339. The second-order valence-electron chi connectivity index (χ2n) is 6.56. The molecular formula is C19H28F2IN5O3. The number of hydrogen-bond acceptors (Lipinski definition) is 6. The van der Waals surface area contributed by atoms with Gasteiger partial charge in [-0.25, -0.2) is 0 Å². The van der Waals surface area contributed by atoms with E-state index in [1.807, 2.05) is 20.8 Å². The molecule has 0 aliphatic carbocycles. The number of nitrogens with zero attached hydrogens (tertiary/aromatic N) is 3. The van der Waals surface area contributed by atoms with E-state index in [0.29, 0.717) is 42.7 Å². The molecule has 11 heteroatoms. The van der Waals surface area contributed by atoms with Crippen LogP contribution in [0.15, 0.2) is 33.8 Å². The van der Waals surface area contributed by atoms with Gasteiger partial charge in [-0.05, 0) is 24.6 Å². The maximum Gasteiger partial charge on any atom is 0.387 e. The Labute approximate surface area is 191 Å². The van der Waals surface area contributed by atoms with Crippen LogP contribution in [-0.2, 0) is 6.42 Å². The summed E-state index contributed by atoms with van der Waals surface area (Å²) in [5, 5.41) is 20.4. The molecule has 0 radical (unpaired) electrons. The van der Waals surface area contributed by atoms with Crippen LogP contribution in [0.25, 0.3) is 0 Å². The second-order valence-corrected chi connectivity index (χ2v) is 6.56. The predicted molar refractivity (Wildman–Crippen MR) is 120 cm³/mol. The van der Waals surface area contributed by atoms with Crippen LogP contribution in [-0.4, -0.2) is 47.5 Å². The monoisotopic (exact) mass is 539 g/mol. The standard InChI is InChI=1S/C19H27F2N5O3.HI/c1-4-22-19(23-10-9-16-25-17(12(2)3)26-29-16)24-11-15(27)13-5-7-14(8-6-13)28-18(20)21;/h5-8,12,15,18,27H,4,9-11H2,1-3H3,(H2,22,23,24);1H. The Morgan fingerprint density at radius 3 is 2.50 bits per heavy atom. The average Bonchev–Trinajstić information content (AvgIpc) is 3.15. The number of nitrogens with one attached hydrogen (secondary N) is 2. The SMILES string of the molecule is CCNC(=NCC(O)c1ccc(OC(F)F)cc1)NCCc1nc(C(C)C)no1.I. The highest BCUT2D eigenvalue weighted by molar-refractivity contribution is 14.0. The zero-order valence-corrected chi connectivity index (χ0v) is 19.5. The van der Waals surface area contributed by atoms with Crippen LogP contribution in [0, 0.1) is 0 Å². The van der Waals surface area contributed by atoms with Gasteiger partial charge in [0.05, 0.1) is 12.6 Å². The summed E-state index contributed by atoms with van der Waals surface area (Å²) < 4.78 is 33.9. The first-order valence-electron chi connectivity index (χ1n) is 9.46. The molecule has 0 amide bonds. The summed E-state index contributed by atoms with van der Waals surface area (Å²) in [6, 6.07) is 5.82. The van der Waals surface area contributed by atoms with Crippen LogP contribution in [0.3, 0.4) is 0 Å². The van der Waals surface area contributed by atoms with Crippen molar-refractivity contribution in [1.82, 2.24) is 20.8 Å². The number of hydrogen-bond donors (Lipinski definition) is 3. The summed E-state index contributed by atoms with van der Waals surface area (Å²) >= 11 is 0. The fourth-order valence-electron chi connectivity index (χ4n) is 2.39. The molecule has 8 nitrogen and oxygen atoms in total. The highest BCUT2D eigenvalue weighted by atomic mass is 127. The quantitative estimate of drug-likeness (QED) is 0.242. The van der Waals surface area contributed by atoms with Gasteiger partial charge in [-0.3, -0.25) is 4.99 Å². The third kappa shape index (κ3) is 8.78. The van der Waals surface area contributed by atoms with Crippen LogP contribution >= 0.6 is 24.0 Å². The molecule has 1 unspecified atom stereocenters. The van der Waals surface area contributed by atoms with Crippen LogP contribution < -0.4 is 15.4 Å².